The Morgan fingerprint density at radius 2 is 1.48 bits per heavy atom. The molecule has 3 amide bonds. The maximum Gasteiger partial charge on any atom is 0.412 e. The highest BCUT2D eigenvalue weighted by Gasteiger charge is 2.23. The second-order valence-electron chi connectivity index (χ2n) is 7.00. The molecule has 0 spiro atoms. The van der Waals surface area contributed by atoms with Gasteiger partial charge in [0.2, 0.25) is 5.91 Å². The van der Waals surface area contributed by atoms with Crippen molar-refractivity contribution in [2.24, 2.45) is 0 Å². The third-order valence-corrected chi connectivity index (χ3v) is 3.79. The van der Waals surface area contributed by atoms with Crippen LogP contribution in [0, 0.1) is 0 Å². The molecule has 0 bridgehead atoms. The summed E-state index contributed by atoms with van der Waals surface area (Å²) in [5, 5.41) is 2.63. The third-order valence-electron chi connectivity index (χ3n) is 3.79. The van der Waals surface area contributed by atoms with Gasteiger partial charge in [-0.05, 0) is 45.0 Å². The standard InChI is InChI=1S/C18H25N3O4/c1-13(22)20-9-11-21(12-10-20)16(23)14-5-7-15(8-6-14)19-17(24)25-18(2,3)4/h5-8H,9-12H2,1-4H3,(H,19,24). The molecule has 0 saturated carbocycles. The number of nitrogens with one attached hydrogen (secondary N) is 1. The van der Waals surface area contributed by atoms with Crippen molar-refractivity contribution in [3.63, 3.8) is 0 Å². The summed E-state index contributed by atoms with van der Waals surface area (Å²) in [5.41, 5.74) is 0.542. The zero-order valence-electron chi connectivity index (χ0n) is 15.2. The van der Waals surface area contributed by atoms with Gasteiger partial charge >= 0.3 is 6.09 Å². The summed E-state index contributed by atoms with van der Waals surface area (Å²) < 4.78 is 5.19. The zero-order valence-corrected chi connectivity index (χ0v) is 15.2. The monoisotopic (exact) mass is 347 g/mol. The van der Waals surface area contributed by atoms with Gasteiger partial charge in [-0.25, -0.2) is 4.79 Å². The van der Waals surface area contributed by atoms with Gasteiger partial charge < -0.3 is 14.5 Å². The van der Waals surface area contributed by atoms with Crippen molar-refractivity contribution in [2.45, 2.75) is 33.3 Å². The third kappa shape index (κ3) is 5.48. The lowest BCUT2D eigenvalue weighted by Gasteiger charge is -2.34. The van der Waals surface area contributed by atoms with E-state index in [4.69, 9.17) is 4.74 Å². The molecule has 1 saturated heterocycles. The number of carbonyl (C=O) groups excluding carboxylic acids is 3. The number of anilines is 1. The minimum absolute atomic E-state index is 0.0321. The van der Waals surface area contributed by atoms with E-state index in [1.807, 2.05) is 0 Å². The van der Waals surface area contributed by atoms with Gasteiger partial charge in [-0.1, -0.05) is 0 Å². The molecule has 1 aromatic carbocycles. The van der Waals surface area contributed by atoms with Crippen LogP contribution in [0.3, 0.4) is 0 Å². The average Bonchev–Trinajstić information content (AvgIpc) is 2.53. The fraction of sp³-hybridized carbons (Fsp3) is 0.500. The Labute approximate surface area is 147 Å². The van der Waals surface area contributed by atoms with Crippen LogP contribution in [0.4, 0.5) is 10.5 Å². The van der Waals surface area contributed by atoms with Crippen molar-refractivity contribution in [3.05, 3.63) is 29.8 Å². The quantitative estimate of drug-likeness (QED) is 0.890. The SMILES string of the molecule is CC(=O)N1CCN(C(=O)c2ccc(NC(=O)OC(C)(C)C)cc2)CC1. The van der Waals surface area contributed by atoms with Crippen LogP contribution >= 0.6 is 0 Å². The van der Waals surface area contributed by atoms with E-state index >= 15 is 0 Å². The van der Waals surface area contributed by atoms with Crippen molar-refractivity contribution < 1.29 is 19.1 Å². The molecule has 7 heteroatoms. The molecule has 0 radical (unpaired) electrons. The van der Waals surface area contributed by atoms with Crippen molar-refractivity contribution in [1.29, 1.82) is 0 Å². The van der Waals surface area contributed by atoms with Gasteiger partial charge in [0.05, 0.1) is 0 Å². The van der Waals surface area contributed by atoms with Gasteiger partial charge in [0, 0.05) is 44.4 Å². The molecule has 1 aromatic rings. The van der Waals surface area contributed by atoms with Crippen LogP contribution in [0.2, 0.25) is 0 Å². The van der Waals surface area contributed by atoms with Crippen molar-refractivity contribution in [3.8, 4) is 0 Å². The number of nitrogens with zero attached hydrogens (tertiary/aromatic N) is 2. The molecule has 1 aliphatic rings. The lowest BCUT2D eigenvalue weighted by atomic mass is 10.1. The Balaban J connectivity index is 1.92. The van der Waals surface area contributed by atoms with Crippen molar-refractivity contribution >= 4 is 23.6 Å². The van der Waals surface area contributed by atoms with E-state index in [1.54, 1.807) is 54.8 Å². The van der Waals surface area contributed by atoms with Crippen molar-refractivity contribution in [1.82, 2.24) is 9.80 Å². The Kier molecular flexibility index (Phi) is 5.66. The van der Waals surface area contributed by atoms with E-state index in [0.717, 1.165) is 0 Å². The lowest BCUT2D eigenvalue weighted by Crippen LogP contribution is -2.50. The first-order chi connectivity index (χ1) is 11.7. The predicted octanol–water partition coefficient (Wildman–Crippen LogP) is 2.34. The van der Waals surface area contributed by atoms with Gasteiger partial charge in [-0.2, -0.15) is 0 Å². The lowest BCUT2D eigenvalue weighted by molar-refractivity contribution is -0.130. The van der Waals surface area contributed by atoms with Gasteiger partial charge in [-0.3, -0.25) is 14.9 Å². The molecule has 2 rings (SSSR count). The van der Waals surface area contributed by atoms with Crippen LogP contribution in [-0.4, -0.2) is 59.5 Å². The molecule has 1 heterocycles. The number of amides is 3. The predicted molar refractivity (Wildman–Crippen MR) is 94.5 cm³/mol. The normalized spacial score (nSPS) is 14.9. The number of benzene rings is 1. The van der Waals surface area contributed by atoms with Crippen LogP contribution in [0.15, 0.2) is 24.3 Å². The molecule has 7 nitrogen and oxygen atoms in total. The summed E-state index contributed by atoms with van der Waals surface area (Å²) in [7, 11) is 0. The highest BCUT2D eigenvalue weighted by atomic mass is 16.6. The van der Waals surface area contributed by atoms with E-state index in [2.05, 4.69) is 5.32 Å². The first-order valence-electron chi connectivity index (χ1n) is 8.30. The smallest absolute Gasteiger partial charge is 0.412 e. The Morgan fingerprint density at radius 3 is 1.96 bits per heavy atom. The molecule has 1 N–H and O–H groups in total. The molecule has 0 aromatic heterocycles. The first kappa shape index (κ1) is 18.8. The molecule has 25 heavy (non-hydrogen) atoms. The van der Waals surface area contributed by atoms with E-state index in [9.17, 15) is 14.4 Å². The maximum atomic E-state index is 12.5. The zero-order chi connectivity index (χ0) is 18.6. The van der Waals surface area contributed by atoms with Gasteiger partial charge in [0.15, 0.2) is 0 Å². The second-order valence-corrected chi connectivity index (χ2v) is 7.00. The Hall–Kier alpha value is -2.57. The van der Waals surface area contributed by atoms with Gasteiger partial charge in [0.1, 0.15) is 5.60 Å². The maximum absolute atomic E-state index is 12.5. The average molecular weight is 347 g/mol. The summed E-state index contributed by atoms with van der Waals surface area (Å²) in [6, 6.07) is 6.69. The number of piperazine rings is 1. The van der Waals surface area contributed by atoms with E-state index in [-0.39, 0.29) is 11.8 Å². The molecule has 0 aliphatic carbocycles. The summed E-state index contributed by atoms with van der Waals surface area (Å²) in [6.07, 6.45) is -0.535. The number of ether oxygens (including phenoxy) is 1. The van der Waals surface area contributed by atoms with Crippen molar-refractivity contribution in [2.75, 3.05) is 31.5 Å². The summed E-state index contributed by atoms with van der Waals surface area (Å²) in [5.74, 6) is -0.0447. The highest BCUT2D eigenvalue weighted by Crippen LogP contribution is 2.15. The van der Waals surface area contributed by atoms with E-state index in [0.29, 0.717) is 37.4 Å². The highest BCUT2D eigenvalue weighted by molar-refractivity contribution is 5.95. The molecule has 0 unspecified atom stereocenters. The number of rotatable bonds is 2. The van der Waals surface area contributed by atoms with Gasteiger partial charge in [-0.15, -0.1) is 0 Å². The van der Waals surface area contributed by atoms with Crippen LogP contribution in [0.1, 0.15) is 38.1 Å². The number of carbonyl (C=O) groups is 3. The number of hydrogen-bond donors (Lipinski definition) is 1. The molecular weight excluding hydrogens is 322 g/mol. The minimum atomic E-state index is -0.567. The fourth-order valence-electron chi connectivity index (χ4n) is 2.52. The summed E-state index contributed by atoms with van der Waals surface area (Å²) in [4.78, 5) is 39.0. The molecule has 136 valence electrons. The van der Waals surface area contributed by atoms with E-state index in [1.165, 1.54) is 6.92 Å². The molecule has 0 atom stereocenters. The molecular formula is C18H25N3O4. The largest absolute Gasteiger partial charge is 0.444 e. The topological polar surface area (TPSA) is 79.0 Å². The summed E-state index contributed by atoms with van der Waals surface area (Å²) >= 11 is 0. The molecule has 1 fully saturated rings. The van der Waals surface area contributed by atoms with Crippen LogP contribution in [0.5, 0.6) is 0 Å². The van der Waals surface area contributed by atoms with Crippen LogP contribution in [0.25, 0.3) is 0 Å². The van der Waals surface area contributed by atoms with E-state index < -0.39 is 11.7 Å². The Bertz CT molecular complexity index is 641. The van der Waals surface area contributed by atoms with Crippen LogP contribution in [-0.2, 0) is 9.53 Å². The molecule has 1 aliphatic heterocycles. The minimum Gasteiger partial charge on any atom is -0.444 e. The summed E-state index contributed by atoms with van der Waals surface area (Å²) in [6.45, 7) is 9.07. The van der Waals surface area contributed by atoms with Gasteiger partial charge in [0.25, 0.3) is 5.91 Å². The van der Waals surface area contributed by atoms with Crippen LogP contribution < -0.4 is 5.32 Å². The Morgan fingerprint density at radius 1 is 0.960 bits per heavy atom. The second kappa shape index (κ2) is 7.55. The first-order valence-corrected chi connectivity index (χ1v) is 8.30. The fourth-order valence-corrected chi connectivity index (χ4v) is 2.52. The number of hydrogen-bond acceptors (Lipinski definition) is 4.